The van der Waals surface area contributed by atoms with E-state index in [9.17, 15) is 14.4 Å². The molecule has 0 bridgehead atoms. The number of rotatable bonds is 9. The zero-order chi connectivity index (χ0) is 22.3. The second-order valence-corrected chi connectivity index (χ2v) is 7.50. The van der Waals surface area contributed by atoms with Gasteiger partial charge in [0, 0.05) is 31.9 Å². The van der Waals surface area contributed by atoms with Crippen LogP contribution in [-0.4, -0.2) is 40.5 Å². The maximum absolute atomic E-state index is 12.9. The molecule has 0 saturated carbocycles. The minimum absolute atomic E-state index is 0.0351. The number of aromatic nitrogens is 1. The Morgan fingerprint density at radius 2 is 1.67 bits per heavy atom. The molecule has 0 aliphatic carbocycles. The number of hydrogen-bond donors (Lipinski definition) is 1. The molecule has 7 nitrogen and oxygen atoms in total. The zero-order valence-electron chi connectivity index (χ0n) is 18.4. The molecule has 1 heterocycles. The predicted molar refractivity (Wildman–Crippen MR) is 118 cm³/mol. The first kappa shape index (κ1) is 23.2. The van der Waals surface area contributed by atoms with Gasteiger partial charge in [-0.3, -0.25) is 14.4 Å². The van der Waals surface area contributed by atoms with Crippen LogP contribution in [-0.2, 0) is 7.05 Å². The number of carbonyl (C=O) groups excluding carboxylic acids is 2. The molecule has 162 valence electrons. The van der Waals surface area contributed by atoms with Crippen LogP contribution in [0.5, 0.6) is 5.75 Å². The van der Waals surface area contributed by atoms with Gasteiger partial charge >= 0.3 is 0 Å². The van der Waals surface area contributed by atoms with Crippen LogP contribution in [0.15, 0.2) is 41.3 Å². The molecule has 1 aromatic heterocycles. The fourth-order valence-electron chi connectivity index (χ4n) is 3.11. The van der Waals surface area contributed by atoms with E-state index in [4.69, 9.17) is 4.74 Å². The average molecular weight is 414 g/mol. The molecule has 1 aromatic carbocycles. The summed E-state index contributed by atoms with van der Waals surface area (Å²) in [5.41, 5.74) is 0.458. The fraction of sp³-hybridized carbons (Fsp3) is 0.435. The van der Waals surface area contributed by atoms with Crippen molar-refractivity contribution in [2.24, 2.45) is 7.05 Å². The van der Waals surface area contributed by atoms with E-state index in [0.717, 1.165) is 12.8 Å². The molecule has 0 aliphatic rings. The minimum Gasteiger partial charge on any atom is -0.491 e. The molecule has 0 saturated heterocycles. The third-order valence-corrected chi connectivity index (χ3v) is 4.44. The van der Waals surface area contributed by atoms with Crippen LogP contribution < -0.4 is 15.6 Å². The normalized spacial score (nSPS) is 10.7. The molecule has 0 unspecified atom stereocenters. The van der Waals surface area contributed by atoms with Gasteiger partial charge in [-0.25, -0.2) is 0 Å². The van der Waals surface area contributed by atoms with E-state index < -0.39 is 5.91 Å². The second kappa shape index (κ2) is 10.6. The lowest BCUT2D eigenvalue weighted by Gasteiger charge is -2.22. The number of ether oxygens (including phenoxy) is 1. The van der Waals surface area contributed by atoms with E-state index in [1.807, 2.05) is 27.7 Å². The quantitative estimate of drug-likeness (QED) is 0.680. The van der Waals surface area contributed by atoms with Crippen molar-refractivity contribution in [3.05, 3.63) is 58.0 Å². The number of hydrogen-bond acceptors (Lipinski definition) is 4. The SMILES string of the molecule is CCCN(CCC)C(=O)c1cc(NC(=O)c2ccc(OC(C)C)cc2)c(=O)n(C)c1. The van der Waals surface area contributed by atoms with Crippen molar-refractivity contribution in [3.8, 4) is 5.75 Å². The van der Waals surface area contributed by atoms with E-state index in [0.29, 0.717) is 30.0 Å². The van der Waals surface area contributed by atoms with Gasteiger partial charge in [-0.1, -0.05) is 13.8 Å². The van der Waals surface area contributed by atoms with Crippen molar-refractivity contribution < 1.29 is 14.3 Å². The summed E-state index contributed by atoms with van der Waals surface area (Å²) in [5, 5.41) is 2.64. The highest BCUT2D eigenvalue weighted by atomic mass is 16.5. The van der Waals surface area contributed by atoms with E-state index in [-0.39, 0.29) is 23.3 Å². The standard InChI is InChI=1S/C23H31N3O4/c1-6-12-26(13-7-2)22(28)18-14-20(23(29)25(5)15-18)24-21(27)17-8-10-19(11-9-17)30-16(3)4/h8-11,14-16H,6-7,12-13H2,1-5H3,(H,24,27). The summed E-state index contributed by atoms with van der Waals surface area (Å²) in [6, 6.07) is 8.14. The smallest absolute Gasteiger partial charge is 0.274 e. The molecule has 2 amide bonds. The predicted octanol–water partition coefficient (Wildman–Crippen LogP) is 3.69. The summed E-state index contributed by atoms with van der Waals surface area (Å²) in [5.74, 6) is 0.0868. The Labute approximate surface area is 177 Å². The number of nitrogens with zero attached hydrogens (tertiary/aromatic N) is 2. The number of nitrogens with one attached hydrogen (secondary N) is 1. The van der Waals surface area contributed by atoms with Crippen LogP contribution in [0.25, 0.3) is 0 Å². The highest BCUT2D eigenvalue weighted by molar-refractivity contribution is 6.05. The molecule has 7 heteroatoms. The van der Waals surface area contributed by atoms with Crippen molar-refractivity contribution in [2.75, 3.05) is 18.4 Å². The highest BCUT2D eigenvalue weighted by Gasteiger charge is 2.18. The van der Waals surface area contributed by atoms with Gasteiger partial charge in [0.1, 0.15) is 11.4 Å². The first-order valence-corrected chi connectivity index (χ1v) is 10.3. The Bertz CT molecular complexity index is 926. The van der Waals surface area contributed by atoms with Crippen molar-refractivity contribution in [1.29, 1.82) is 0 Å². The Hall–Kier alpha value is -3.09. The molecular formula is C23H31N3O4. The van der Waals surface area contributed by atoms with Crippen LogP contribution in [0.1, 0.15) is 61.3 Å². The molecule has 30 heavy (non-hydrogen) atoms. The van der Waals surface area contributed by atoms with Crippen LogP contribution in [0.4, 0.5) is 5.69 Å². The van der Waals surface area contributed by atoms with Gasteiger partial charge in [0.25, 0.3) is 17.4 Å². The van der Waals surface area contributed by atoms with Gasteiger partial charge in [-0.15, -0.1) is 0 Å². The van der Waals surface area contributed by atoms with E-state index >= 15 is 0 Å². The second-order valence-electron chi connectivity index (χ2n) is 7.50. The Morgan fingerprint density at radius 1 is 1.07 bits per heavy atom. The molecule has 1 N–H and O–H groups in total. The van der Waals surface area contributed by atoms with Crippen LogP contribution >= 0.6 is 0 Å². The van der Waals surface area contributed by atoms with Crippen LogP contribution in [0.2, 0.25) is 0 Å². The summed E-state index contributed by atoms with van der Waals surface area (Å²) in [6.45, 7) is 9.16. The summed E-state index contributed by atoms with van der Waals surface area (Å²) < 4.78 is 6.90. The van der Waals surface area contributed by atoms with Crippen LogP contribution in [0.3, 0.4) is 0 Å². The molecule has 0 atom stereocenters. The number of benzene rings is 1. The maximum atomic E-state index is 12.9. The largest absolute Gasteiger partial charge is 0.491 e. The van der Waals surface area contributed by atoms with Gasteiger partial charge < -0.3 is 19.5 Å². The zero-order valence-corrected chi connectivity index (χ0v) is 18.4. The fourth-order valence-corrected chi connectivity index (χ4v) is 3.11. The van der Waals surface area contributed by atoms with Gasteiger partial charge in [0.05, 0.1) is 11.7 Å². The monoisotopic (exact) mass is 413 g/mol. The topological polar surface area (TPSA) is 80.6 Å². The molecule has 2 rings (SSSR count). The summed E-state index contributed by atoms with van der Waals surface area (Å²) in [7, 11) is 1.57. The van der Waals surface area contributed by atoms with E-state index in [1.54, 1.807) is 36.2 Å². The van der Waals surface area contributed by atoms with E-state index in [2.05, 4.69) is 5.32 Å². The van der Waals surface area contributed by atoms with Gasteiger partial charge in [0.15, 0.2) is 0 Å². The average Bonchev–Trinajstić information content (AvgIpc) is 2.70. The molecule has 0 radical (unpaired) electrons. The lowest BCUT2D eigenvalue weighted by Crippen LogP contribution is -2.34. The van der Waals surface area contributed by atoms with Crippen LogP contribution in [0, 0.1) is 0 Å². The minimum atomic E-state index is -0.424. The number of aryl methyl sites for hydroxylation is 1. The summed E-state index contributed by atoms with van der Waals surface area (Å²) in [4.78, 5) is 39.8. The highest BCUT2D eigenvalue weighted by Crippen LogP contribution is 2.16. The number of amides is 2. The third-order valence-electron chi connectivity index (χ3n) is 4.44. The number of anilines is 1. The molecule has 0 fully saturated rings. The molecule has 0 aliphatic heterocycles. The third kappa shape index (κ3) is 5.95. The molecule has 2 aromatic rings. The van der Waals surface area contributed by atoms with Gasteiger partial charge in [0.2, 0.25) is 0 Å². The van der Waals surface area contributed by atoms with Crippen molar-refractivity contribution >= 4 is 17.5 Å². The molecule has 0 spiro atoms. The number of pyridine rings is 1. The van der Waals surface area contributed by atoms with Crippen molar-refractivity contribution in [3.63, 3.8) is 0 Å². The van der Waals surface area contributed by atoms with Gasteiger partial charge in [-0.2, -0.15) is 0 Å². The first-order chi connectivity index (χ1) is 14.3. The first-order valence-electron chi connectivity index (χ1n) is 10.3. The number of carbonyl (C=O) groups is 2. The maximum Gasteiger partial charge on any atom is 0.274 e. The molecular weight excluding hydrogens is 382 g/mol. The Balaban J connectivity index is 2.26. The summed E-state index contributed by atoms with van der Waals surface area (Å²) in [6.07, 6.45) is 3.24. The lowest BCUT2D eigenvalue weighted by molar-refractivity contribution is 0.0754. The van der Waals surface area contributed by atoms with Crippen molar-refractivity contribution in [2.45, 2.75) is 46.6 Å². The van der Waals surface area contributed by atoms with E-state index in [1.165, 1.54) is 16.8 Å². The van der Waals surface area contributed by atoms with Crippen molar-refractivity contribution in [1.82, 2.24) is 9.47 Å². The lowest BCUT2D eigenvalue weighted by atomic mass is 10.2. The van der Waals surface area contributed by atoms with Gasteiger partial charge in [-0.05, 0) is 57.0 Å². The Kier molecular flexibility index (Phi) is 8.21. The Morgan fingerprint density at radius 3 is 2.20 bits per heavy atom. The summed E-state index contributed by atoms with van der Waals surface area (Å²) >= 11 is 0.